The van der Waals surface area contributed by atoms with Gasteiger partial charge in [0.05, 0.1) is 20.1 Å². The van der Waals surface area contributed by atoms with Gasteiger partial charge in [-0.2, -0.15) is 0 Å². The molecule has 0 fully saturated rings. The number of hydrogen-bond acceptors (Lipinski definition) is 3. The fraction of sp³-hybridized carbons (Fsp3) is 0.417. The maximum absolute atomic E-state index is 12.6. The van der Waals surface area contributed by atoms with Crippen molar-refractivity contribution in [2.45, 2.75) is 13.3 Å². The molecular formula is C12H15FO3. The van der Waals surface area contributed by atoms with Crippen LogP contribution in [0, 0.1) is 11.7 Å². The Labute approximate surface area is 94.2 Å². The van der Waals surface area contributed by atoms with Crippen molar-refractivity contribution in [1.29, 1.82) is 0 Å². The van der Waals surface area contributed by atoms with E-state index in [2.05, 4.69) is 4.74 Å². The lowest BCUT2D eigenvalue weighted by Crippen LogP contribution is -2.14. The van der Waals surface area contributed by atoms with Crippen LogP contribution in [0.2, 0.25) is 0 Å². The SMILES string of the molecule is COC(=O)CC(C)COc1ccc(F)cc1. The van der Waals surface area contributed by atoms with E-state index in [9.17, 15) is 9.18 Å². The van der Waals surface area contributed by atoms with Crippen molar-refractivity contribution in [3.63, 3.8) is 0 Å². The summed E-state index contributed by atoms with van der Waals surface area (Å²) in [5.74, 6) is 0.112. The first-order chi connectivity index (χ1) is 7.61. The number of esters is 1. The third kappa shape index (κ3) is 4.29. The van der Waals surface area contributed by atoms with Gasteiger partial charge in [-0.05, 0) is 24.3 Å². The van der Waals surface area contributed by atoms with Gasteiger partial charge in [-0.15, -0.1) is 0 Å². The zero-order valence-electron chi connectivity index (χ0n) is 9.40. The van der Waals surface area contributed by atoms with E-state index < -0.39 is 0 Å². The zero-order chi connectivity index (χ0) is 12.0. The minimum Gasteiger partial charge on any atom is -0.493 e. The normalized spacial score (nSPS) is 11.9. The second kappa shape index (κ2) is 6.10. The molecule has 0 N–H and O–H groups in total. The fourth-order valence-corrected chi connectivity index (χ4v) is 1.20. The summed E-state index contributed by atoms with van der Waals surface area (Å²) in [4.78, 5) is 11.0. The van der Waals surface area contributed by atoms with E-state index in [1.54, 1.807) is 12.1 Å². The summed E-state index contributed by atoms with van der Waals surface area (Å²) in [6.45, 7) is 2.29. The van der Waals surface area contributed by atoms with Crippen LogP contribution in [0.25, 0.3) is 0 Å². The van der Waals surface area contributed by atoms with Crippen molar-refractivity contribution in [2.75, 3.05) is 13.7 Å². The molecule has 0 saturated carbocycles. The Hall–Kier alpha value is -1.58. The molecule has 0 aromatic heterocycles. The average Bonchev–Trinajstić information content (AvgIpc) is 2.28. The summed E-state index contributed by atoms with van der Waals surface area (Å²) < 4.78 is 22.5. The summed E-state index contributed by atoms with van der Waals surface area (Å²) in [5.41, 5.74) is 0. The molecule has 0 aliphatic rings. The molecule has 1 rings (SSSR count). The van der Waals surface area contributed by atoms with Gasteiger partial charge in [0.15, 0.2) is 0 Å². The molecule has 0 radical (unpaired) electrons. The molecular weight excluding hydrogens is 211 g/mol. The lowest BCUT2D eigenvalue weighted by atomic mass is 10.1. The molecule has 0 amide bonds. The highest BCUT2D eigenvalue weighted by molar-refractivity contribution is 5.69. The molecule has 0 aliphatic carbocycles. The van der Waals surface area contributed by atoms with Crippen LogP contribution in [-0.4, -0.2) is 19.7 Å². The topological polar surface area (TPSA) is 35.5 Å². The first-order valence-electron chi connectivity index (χ1n) is 5.07. The Bertz CT molecular complexity index is 335. The van der Waals surface area contributed by atoms with Crippen LogP contribution in [0.3, 0.4) is 0 Å². The summed E-state index contributed by atoms with van der Waals surface area (Å²) in [7, 11) is 1.36. The quantitative estimate of drug-likeness (QED) is 0.723. The molecule has 1 aromatic rings. The van der Waals surface area contributed by atoms with Crippen LogP contribution >= 0.6 is 0 Å². The summed E-state index contributed by atoms with van der Waals surface area (Å²) in [5, 5.41) is 0. The van der Waals surface area contributed by atoms with Crippen LogP contribution in [0.1, 0.15) is 13.3 Å². The van der Waals surface area contributed by atoms with Crippen molar-refractivity contribution < 1.29 is 18.7 Å². The van der Waals surface area contributed by atoms with Gasteiger partial charge < -0.3 is 9.47 Å². The predicted molar refractivity (Wildman–Crippen MR) is 57.7 cm³/mol. The third-order valence-corrected chi connectivity index (χ3v) is 2.09. The Balaban J connectivity index is 2.34. The molecule has 0 heterocycles. The number of carbonyl (C=O) groups excluding carboxylic acids is 1. The standard InChI is InChI=1S/C12H15FO3/c1-9(7-12(14)15-2)8-16-11-5-3-10(13)4-6-11/h3-6,9H,7-8H2,1-2H3. The van der Waals surface area contributed by atoms with Gasteiger partial charge in [-0.1, -0.05) is 6.92 Å². The Morgan fingerprint density at radius 3 is 2.56 bits per heavy atom. The zero-order valence-corrected chi connectivity index (χ0v) is 9.40. The fourth-order valence-electron chi connectivity index (χ4n) is 1.20. The number of rotatable bonds is 5. The first kappa shape index (κ1) is 12.5. The molecule has 16 heavy (non-hydrogen) atoms. The van der Waals surface area contributed by atoms with Crippen LogP contribution in [0.5, 0.6) is 5.75 Å². The van der Waals surface area contributed by atoms with E-state index in [1.807, 2.05) is 6.92 Å². The van der Waals surface area contributed by atoms with Crippen LogP contribution in [-0.2, 0) is 9.53 Å². The van der Waals surface area contributed by atoms with Gasteiger partial charge in [0, 0.05) is 5.92 Å². The van der Waals surface area contributed by atoms with E-state index in [0.717, 1.165) is 0 Å². The van der Waals surface area contributed by atoms with Crippen molar-refractivity contribution in [2.24, 2.45) is 5.92 Å². The minimum atomic E-state index is -0.296. The number of hydrogen-bond donors (Lipinski definition) is 0. The Morgan fingerprint density at radius 1 is 1.38 bits per heavy atom. The second-order valence-electron chi connectivity index (χ2n) is 3.65. The van der Waals surface area contributed by atoms with Crippen LogP contribution < -0.4 is 4.74 Å². The number of carbonyl (C=O) groups is 1. The van der Waals surface area contributed by atoms with Crippen LogP contribution in [0.15, 0.2) is 24.3 Å². The van der Waals surface area contributed by atoms with E-state index in [0.29, 0.717) is 18.8 Å². The lowest BCUT2D eigenvalue weighted by molar-refractivity contribution is -0.141. The summed E-state index contributed by atoms with van der Waals surface area (Å²) >= 11 is 0. The van der Waals surface area contributed by atoms with Crippen molar-refractivity contribution in [3.05, 3.63) is 30.1 Å². The van der Waals surface area contributed by atoms with Crippen molar-refractivity contribution >= 4 is 5.97 Å². The minimum absolute atomic E-state index is 0.0671. The van der Waals surface area contributed by atoms with Crippen molar-refractivity contribution in [3.8, 4) is 5.75 Å². The smallest absolute Gasteiger partial charge is 0.305 e. The Morgan fingerprint density at radius 2 is 2.00 bits per heavy atom. The monoisotopic (exact) mass is 226 g/mol. The predicted octanol–water partition coefficient (Wildman–Crippen LogP) is 2.40. The molecule has 0 spiro atoms. The molecule has 1 aromatic carbocycles. The molecule has 1 atom stereocenters. The highest BCUT2D eigenvalue weighted by atomic mass is 19.1. The van der Waals surface area contributed by atoms with Gasteiger partial charge in [0.2, 0.25) is 0 Å². The summed E-state index contributed by atoms with van der Waals surface area (Å²) in [6, 6.07) is 5.78. The lowest BCUT2D eigenvalue weighted by Gasteiger charge is -2.11. The van der Waals surface area contributed by atoms with E-state index in [1.165, 1.54) is 19.2 Å². The first-order valence-corrected chi connectivity index (χ1v) is 5.07. The van der Waals surface area contributed by atoms with Gasteiger partial charge >= 0.3 is 5.97 Å². The number of halogens is 1. The van der Waals surface area contributed by atoms with Gasteiger partial charge in [0.1, 0.15) is 11.6 Å². The van der Waals surface area contributed by atoms with E-state index in [4.69, 9.17) is 4.74 Å². The molecule has 88 valence electrons. The average molecular weight is 226 g/mol. The molecule has 0 bridgehead atoms. The third-order valence-electron chi connectivity index (χ3n) is 2.09. The van der Waals surface area contributed by atoms with E-state index in [-0.39, 0.29) is 17.7 Å². The van der Waals surface area contributed by atoms with E-state index >= 15 is 0 Å². The summed E-state index contributed by atoms with van der Waals surface area (Å²) in [6.07, 6.45) is 0.317. The maximum Gasteiger partial charge on any atom is 0.305 e. The molecule has 0 aliphatic heterocycles. The molecule has 1 unspecified atom stereocenters. The number of methoxy groups -OCH3 is 1. The number of ether oxygens (including phenoxy) is 2. The highest BCUT2D eigenvalue weighted by Gasteiger charge is 2.09. The molecule has 4 heteroatoms. The van der Waals surface area contributed by atoms with Gasteiger partial charge in [-0.3, -0.25) is 4.79 Å². The highest BCUT2D eigenvalue weighted by Crippen LogP contribution is 2.13. The van der Waals surface area contributed by atoms with Crippen molar-refractivity contribution in [1.82, 2.24) is 0 Å². The number of benzene rings is 1. The molecule has 3 nitrogen and oxygen atoms in total. The maximum atomic E-state index is 12.6. The van der Waals surface area contributed by atoms with Crippen LogP contribution in [0.4, 0.5) is 4.39 Å². The molecule has 0 saturated heterocycles. The van der Waals surface area contributed by atoms with Gasteiger partial charge in [0.25, 0.3) is 0 Å². The van der Waals surface area contributed by atoms with Gasteiger partial charge in [-0.25, -0.2) is 4.39 Å². The Kier molecular flexibility index (Phi) is 4.76. The largest absolute Gasteiger partial charge is 0.493 e. The second-order valence-corrected chi connectivity index (χ2v) is 3.65.